The summed E-state index contributed by atoms with van der Waals surface area (Å²) in [5.41, 5.74) is 5.19. The van der Waals surface area contributed by atoms with E-state index in [-0.39, 0.29) is 22.5 Å². The minimum Gasteiger partial charge on any atom is -0.382 e. The van der Waals surface area contributed by atoms with Crippen molar-refractivity contribution in [3.63, 3.8) is 0 Å². The number of halogens is 2. The summed E-state index contributed by atoms with van der Waals surface area (Å²) in [6.45, 7) is 3.73. The summed E-state index contributed by atoms with van der Waals surface area (Å²) < 4.78 is 54.7. The maximum absolute atomic E-state index is 14.0. The molecule has 12 heteroatoms. The number of hydrogen-bond donors (Lipinski definition) is 2. The lowest BCUT2D eigenvalue weighted by Crippen LogP contribution is -2.44. The Morgan fingerprint density at radius 2 is 1.85 bits per heavy atom. The summed E-state index contributed by atoms with van der Waals surface area (Å²) in [7, 11) is -3.28. The van der Waals surface area contributed by atoms with Gasteiger partial charge >= 0.3 is 0 Å². The largest absolute Gasteiger partial charge is 0.382 e. The smallest absolute Gasteiger partial charge is 0.214 e. The molecule has 4 rings (SSSR count). The Labute approximate surface area is 195 Å². The van der Waals surface area contributed by atoms with Gasteiger partial charge in [-0.2, -0.15) is 0 Å². The van der Waals surface area contributed by atoms with E-state index in [2.05, 4.69) is 15.2 Å². The van der Waals surface area contributed by atoms with Crippen molar-refractivity contribution in [2.24, 2.45) is 0 Å². The molecular formula is C21H27F2N5O3S2. The van der Waals surface area contributed by atoms with Crippen LogP contribution in [0.25, 0.3) is 0 Å². The lowest BCUT2D eigenvalue weighted by Gasteiger charge is -2.33. The van der Waals surface area contributed by atoms with Crippen molar-refractivity contribution in [1.82, 2.24) is 14.2 Å². The summed E-state index contributed by atoms with van der Waals surface area (Å²) in [5.74, 6) is -2.71. The molecule has 3 N–H and O–H groups in total. The third kappa shape index (κ3) is 5.51. The number of nitrogens with one attached hydrogen (secondary N) is 1. The molecule has 0 amide bonds. The molecule has 0 aliphatic carbocycles. The number of likely N-dealkylation sites (tertiary alicyclic amines) is 1. The quantitative estimate of drug-likeness (QED) is 0.511. The third-order valence-electron chi connectivity index (χ3n) is 6.05. The molecule has 0 atom stereocenters. The lowest BCUT2D eigenvalue weighted by molar-refractivity contribution is 0.103. The molecular weight excluding hydrogens is 472 g/mol. The molecule has 2 aliphatic rings. The first kappa shape index (κ1) is 24.0. The van der Waals surface area contributed by atoms with Gasteiger partial charge in [0, 0.05) is 19.1 Å². The molecule has 2 saturated heterocycles. The minimum absolute atomic E-state index is 0.0382. The number of carbonyl (C=O) groups is 1. The first-order valence-corrected chi connectivity index (χ1v) is 13.4. The van der Waals surface area contributed by atoms with E-state index in [1.165, 1.54) is 16.8 Å². The van der Waals surface area contributed by atoms with Crippen LogP contribution in [0.4, 0.5) is 19.7 Å². The van der Waals surface area contributed by atoms with Gasteiger partial charge < -0.3 is 16.0 Å². The van der Waals surface area contributed by atoms with Gasteiger partial charge in [-0.3, -0.25) is 4.79 Å². The highest BCUT2D eigenvalue weighted by Crippen LogP contribution is 2.30. The van der Waals surface area contributed by atoms with Crippen molar-refractivity contribution in [3.8, 4) is 0 Å². The molecule has 2 aromatic rings. The second-order valence-electron chi connectivity index (χ2n) is 8.34. The molecule has 33 heavy (non-hydrogen) atoms. The molecule has 3 heterocycles. The van der Waals surface area contributed by atoms with Crippen LogP contribution in [0.2, 0.25) is 0 Å². The van der Waals surface area contributed by atoms with Gasteiger partial charge in [0.25, 0.3) is 0 Å². The summed E-state index contributed by atoms with van der Waals surface area (Å²) in [4.78, 5) is 19.0. The Kier molecular flexibility index (Phi) is 7.27. The Hall–Kier alpha value is -2.15. The first-order valence-electron chi connectivity index (χ1n) is 11.0. The molecule has 0 bridgehead atoms. The number of nitrogens with two attached hydrogens (primary N) is 1. The van der Waals surface area contributed by atoms with Gasteiger partial charge in [-0.25, -0.2) is 26.5 Å². The molecule has 180 valence electrons. The predicted octanol–water partition coefficient (Wildman–Crippen LogP) is 2.54. The van der Waals surface area contributed by atoms with Gasteiger partial charge in [0.1, 0.15) is 22.3 Å². The van der Waals surface area contributed by atoms with Crippen LogP contribution in [-0.4, -0.2) is 72.9 Å². The summed E-state index contributed by atoms with van der Waals surface area (Å²) in [6.07, 6.45) is 2.98. The Bertz CT molecular complexity index is 1090. The number of nitrogens with zero attached hydrogens (tertiary/aromatic N) is 3. The number of ketones is 1. The topological polar surface area (TPSA) is 109 Å². The van der Waals surface area contributed by atoms with E-state index in [0.717, 1.165) is 43.1 Å². The van der Waals surface area contributed by atoms with E-state index in [1.54, 1.807) is 0 Å². The number of nitrogen functional groups attached to an aromatic ring is 1. The fourth-order valence-electron chi connectivity index (χ4n) is 4.04. The molecule has 2 aliphatic heterocycles. The van der Waals surface area contributed by atoms with Gasteiger partial charge in [-0.15, -0.1) is 0 Å². The standard InChI is InChI=1S/C21H27F2N5O3S2/c22-15-4-1-5-16(23)17(15)18(29)19-20(24)26-21(32-19)25-14-6-11-28(12-7-14)33(30,31)13-3-10-27-8-2-9-27/h1,4-5,14H,2-3,6-13,24H2,(H,25,26). The highest BCUT2D eigenvalue weighted by atomic mass is 32.2. The second kappa shape index (κ2) is 10.00. The van der Waals surface area contributed by atoms with Crippen LogP contribution in [0.15, 0.2) is 18.2 Å². The van der Waals surface area contributed by atoms with Crippen LogP contribution >= 0.6 is 11.3 Å². The number of carbonyl (C=O) groups excluding carboxylic acids is 1. The number of benzene rings is 1. The maximum atomic E-state index is 14.0. The van der Waals surface area contributed by atoms with Crippen molar-refractivity contribution in [1.29, 1.82) is 0 Å². The number of piperidine rings is 1. The minimum atomic E-state index is -3.28. The summed E-state index contributed by atoms with van der Waals surface area (Å²) in [6, 6.07) is 3.17. The average Bonchev–Trinajstić information content (AvgIpc) is 3.10. The van der Waals surface area contributed by atoms with Crippen molar-refractivity contribution in [2.45, 2.75) is 31.7 Å². The normalized spacial score (nSPS) is 18.2. The van der Waals surface area contributed by atoms with Crippen LogP contribution in [0, 0.1) is 11.6 Å². The van der Waals surface area contributed by atoms with Gasteiger partial charge in [-0.05, 0) is 57.5 Å². The molecule has 0 radical (unpaired) electrons. The highest BCUT2D eigenvalue weighted by molar-refractivity contribution is 7.89. The maximum Gasteiger partial charge on any atom is 0.214 e. The van der Waals surface area contributed by atoms with E-state index in [9.17, 15) is 22.0 Å². The molecule has 0 unspecified atom stereocenters. The van der Waals surface area contributed by atoms with E-state index in [4.69, 9.17) is 5.73 Å². The van der Waals surface area contributed by atoms with Crippen molar-refractivity contribution >= 4 is 38.1 Å². The van der Waals surface area contributed by atoms with E-state index in [1.807, 2.05) is 0 Å². The third-order valence-corrected chi connectivity index (χ3v) is 9.01. The fraction of sp³-hybridized carbons (Fsp3) is 0.524. The zero-order valence-corrected chi connectivity index (χ0v) is 19.7. The Morgan fingerprint density at radius 3 is 2.45 bits per heavy atom. The Morgan fingerprint density at radius 1 is 1.18 bits per heavy atom. The predicted molar refractivity (Wildman–Crippen MR) is 124 cm³/mol. The molecule has 0 saturated carbocycles. The van der Waals surface area contributed by atoms with E-state index < -0.39 is 33.0 Å². The average molecular weight is 500 g/mol. The SMILES string of the molecule is Nc1nc(NC2CCN(S(=O)(=O)CCCN3CCC3)CC2)sc1C(=O)c1c(F)cccc1F. The molecule has 1 aromatic heterocycles. The first-order chi connectivity index (χ1) is 15.7. The molecule has 0 spiro atoms. The van der Waals surface area contributed by atoms with Crippen molar-refractivity contribution in [3.05, 3.63) is 40.3 Å². The zero-order valence-electron chi connectivity index (χ0n) is 18.1. The number of thiazole rings is 1. The van der Waals surface area contributed by atoms with Crippen molar-refractivity contribution < 1.29 is 22.0 Å². The Balaban J connectivity index is 1.32. The molecule has 1 aromatic carbocycles. The summed E-state index contributed by atoms with van der Waals surface area (Å²) in [5, 5.41) is 3.55. The number of rotatable bonds is 9. The van der Waals surface area contributed by atoms with Crippen LogP contribution in [0.3, 0.4) is 0 Å². The van der Waals surface area contributed by atoms with E-state index in [0.29, 0.717) is 37.5 Å². The monoisotopic (exact) mass is 499 g/mol. The number of anilines is 2. The molecule has 8 nitrogen and oxygen atoms in total. The molecule has 2 fully saturated rings. The van der Waals surface area contributed by atoms with Crippen LogP contribution in [0.1, 0.15) is 40.9 Å². The van der Waals surface area contributed by atoms with E-state index >= 15 is 0 Å². The lowest BCUT2D eigenvalue weighted by atomic mass is 10.1. The van der Waals surface area contributed by atoms with Gasteiger partial charge in [-0.1, -0.05) is 17.4 Å². The number of hydrogen-bond acceptors (Lipinski definition) is 8. The number of aromatic nitrogens is 1. The van der Waals surface area contributed by atoms with Crippen LogP contribution in [-0.2, 0) is 10.0 Å². The van der Waals surface area contributed by atoms with Gasteiger partial charge in [0.05, 0.1) is 11.3 Å². The van der Waals surface area contributed by atoms with Crippen molar-refractivity contribution in [2.75, 3.05) is 49.5 Å². The van der Waals surface area contributed by atoms with Crippen LogP contribution < -0.4 is 11.1 Å². The van der Waals surface area contributed by atoms with Crippen LogP contribution in [0.5, 0.6) is 0 Å². The highest BCUT2D eigenvalue weighted by Gasteiger charge is 2.29. The summed E-state index contributed by atoms with van der Waals surface area (Å²) >= 11 is 0.935. The fourth-order valence-corrected chi connectivity index (χ4v) is 6.47. The van der Waals surface area contributed by atoms with Gasteiger partial charge in [0.15, 0.2) is 5.13 Å². The zero-order chi connectivity index (χ0) is 23.6. The number of sulfonamides is 1. The second-order valence-corrected chi connectivity index (χ2v) is 11.4. The van der Waals surface area contributed by atoms with Gasteiger partial charge in [0.2, 0.25) is 15.8 Å².